The molecule has 0 atom stereocenters. The van der Waals surface area contributed by atoms with Crippen LogP contribution in [0.3, 0.4) is 0 Å². The van der Waals surface area contributed by atoms with E-state index in [-0.39, 0.29) is 11.2 Å². The smallest absolute Gasteiger partial charge is 0.332 e. The number of H-pyrrole nitrogens is 1. The van der Waals surface area contributed by atoms with E-state index in [0.29, 0.717) is 23.7 Å². The number of ether oxygens (including phenoxy) is 1. The number of rotatable bonds is 5. The van der Waals surface area contributed by atoms with Gasteiger partial charge in [0.2, 0.25) is 5.95 Å². The van der Waals surface area contributed by atoms with Gasteiger partial charge in [-0.3, -0.25) is 18.8 Å². The number of aromatic nitrogens is 4. The second-order valence-electron chi connectivity index (χ2n) is 7.30. The average Bonchev–Trinajstić information content (AvgIpc) is 3.19. The van der Waals surface area contributed by atoms with Crippen molar-refractivity contribution in [3.8, 4) is 5.75 Å². The van der Waals surface area contributed by atoms with Gasteiger partial charge in [0.25, 0.3) is 5.56 Å². The molecule has 9 heteroatoms. The van der Waals surface area contributed by atoms with Crippen molar-refractivity contribution in [2.24, 2.45) is 14.1 Å². The number of piperazine rings is 1. The zero-order valence-electron chi connectivity index (χ0n) is 17.0. The molecule has 3 aromatic rings. The number of hydrogen-bond acceptors (Lipinski definition) is 6. The molecule has 0 bridgehead atoms. The second-order valence-corrected chi connectivity index (χ2v) is 7.30. The number of benzene rings is 1. The van der Waals surface area contributed by atoms with E-state index in [1.807, 2.05) is 19.1 Å². The number of anilines is 1. The van der Waals surface area contributed by atoms with Crippen molar-refractivity contribution >= 4 is 17.1 Å². The summed E-state index contributed by atoms with van der Waals surface area (Å²) in [4.78, 5) is 36.6. The molecule has 29 heavy (non-hydrogen) atoms. The van der Waals surface area contributed by atoms with Gasteiger partial charge in [-0.15, -0.1) is 0 Å². The zero-order chi connectivity index (χ0) is 20.5. The summed E-state index contributed by atoms with van der Waals surface area (Å²) in [6.07, 6.45) is 0. The Balaban J connectivity index is 1.44. The minimum atomic E-state index is -0.374. The van der Waals surface area contributed by atoms with Gasteiger partial charge in [0, 0.05) is 46.8 Å². The van der Waals surface area contributed by atoms with Crippen LogP contribution < -0.4 is 20.9 Å². The van der Waals surface area contributed by atoms with E-state index in [1.54, 1.807) is 7.05 Å². The molecule has 1 aliphatic rings. The first-order chi connectivity index (χ1) is 14.0. The van der Waals surface area contributed by atoms with Crippen molar-refractivity contribution in [3.05, 3.63) is 50.7 Å². The lowest BCUT2D eigenvalue weighted by Gasteiger charge is -2.34. The largest absolute Gasteiger partial charge is 0.494 e. The Kier molecular flexibility index (Phi) is 5.14. The van der Waals surface area contributed by atoms with Crippen LogP contribution >= 0.6 is 0 Å². The maximum absolute atomic E-state index is 12.4. The Bertz CT molecular complexity index is 1120. The number of hydrogen-bond donors (Lipinski definition) is 1. The third kappa shape index (κ3) is 3.65. The summed E-state index contributed by atoms with van der Waals surface area (Å²) >= 11 is 0. The molecule has 0 radical (unpaired) electrons. The van der Waals surface area contributed by atoms with Crippen molar-refractivity contribution < 1.29 is 4.74 Å². The van der Waals surface area contributed by atoms with E-state index in [9.17, 15) is 9.59 Å². The minimum absolute atomic E-state index is 0.351. The Morgan fingerprint density at radius 1 is 1.03 bits per heavy atom. The normalized spacial score (nSPS) is 15.2. The molecule has 1 N–H and O–H groups in total. The first-order valence-electron chi connectivity index (χ1n) is 9.82. The van der Waals surface area contributed by atoms with E-state index >= 15 is 0 Å². The lowest BCUT2D eigenvalue weighted by Crippen LogP contribution is -2.46. The minimum Gasteiger partial charge on any atom is -0.494 e. The van der Waals surface area contributed by atoms with E-state index in [4.69, 9.17) is 4.74 Å². The topological polar surface area (TPSA) is 88.4 Å². The molecule has 0 amide bonds. The molecule has 0 spiro atoms. The third-order valence-corrected chi connectivity index (χ3v) is 5.39. The van der Waals surface area contributed by atoms with Gasteiger partial charge in [-0.25, -0.2) is 4.79 Å². The predicted octanol–water partition coefficient (Wildman–Crippen LogP) is 0.681. The molecular weight excluding hydrogens is 372 g/mol. The van der Waals surface area contributed by atoms with Gasteiger partial charge in [0.1, 0.15) is 5.75 Å². The molecule has 1 aromatic carbocycles. The lowest BCUT2D eigenvalue weighted by atomic mass is 10.2. The quantitative estimate of drug-likeness (QED) is 0.680. The summed E-state index contributed by atoms with van der Waals surface area (Å²) in [5.74, 6) is 1.53. The summed E-state index contributed by atoms with van der Waals surface area (Å²) < 4.78 is 7.99. The van der Waals surface area contributed by atoms with Crippen LogP contribution in [0.15, 0.2) is 33.9 Å². The summed E-state index contributed by atoms with van der Waals surface area (Å²) in [7, 11) is 3.10. The summed E-state index contributed by atoms with van der Waals surface area (Å²) in [5, 5.41) is 0. The molecule has 9 nitrogen and oxygen atoms in total. The zero-order valence-corrected chi connectivity index (χ0v) is 17.0. The first kappa shape index (κ1) is 19.3. The molecule has 3 heterocycles. The van der Waals surface area contributed by atoms with Crippen LogP contribution in [0.25, 0.3) is 11.2 Å². The van der Waals surface area contributed by atoms with Gasteiger partial charge in [-0.2, -0.15) is 4.98 Å². The number of aromatic amines is 1. The maximum atomic E-state index is 12.4. The van der Waals surface area contributed by atoms with Crippen molar-refractivity contribution in [2.75, 3.05) is 37.7 Å². The van der Waals surface area contributed by atoms with Crippen LogP contribution in [-0.2, 0) is 20.6 Å². The van der Waals surface area contributed by atoms with Crippen LogP contribution in [-0.4, -0.2) is 56.8 Å². The molecule has 1 aliphatic heterocycles. The summed E-state index contributed by atoms with van der Waals surface area (Å²) in [6.45, 7) is 6.91. The number of nitrogens with zero attached hydrogens (tertiary/aromatic N) is 5. The Labute approximate surface area is 168 Å². The SMILES string of the molecule is CCOc1ccc(CN2CCN(c3nc4c([nH]3)c(=O)n(C)c(=O)n4C)CC2)cc1. The van der Waals surface area contributed by atoms with E-state index in [2.05, 4.69) is 31.9 Å². The number of imidazole rings is 1. The molecule has 1 saturated heterocycles. The molecule has 2 aromatic heterocycles. The number of fused-ring (bicyclic) bond motifs is 1. The van der Waals surface area contributed by atoms with Crippen molar-refractivity contribution in [2.45, 2.75) is 13.5 Å². The molecule has 1 fully saturated rings. The summed E-state index contributed by atoms with van der Waals surface area (Å²) in [6, 6.07) is 8.22. The van der Waals surface area contributed by atoms with Crippen LogP contribution in [0.2, 0.25) is 0 Å². The highest BCUT2D eigenvalue weighted by molar-refractivity contribution is 5.73. The van der Waals surface area contributed by atoms with Crippen molar-refractivity contribution in [1.82, 2.24) is 24.0 Å². The Morgan fingerprint density at radius 3 is 2.38 bits per heavy atom. The lowest BCUT2D eigenvalue weighted by molar-refractivity contribution is 0.248. The van der Waals surface area contributed by atoms with Gasteiger partial charge in [0.05, 0.1) is 6.61 Å². The molecule has 0 unspecified atom stereocenters. The summed E-state index contributed by atoms with van der Waals surface area (Å²) in [5.41, 5.74) is 1.28. The Hall–Kier alpha value is -3.07. The van der Waals surface area contributed by atoms with Gasteiger partial charge in [-0.1, -0.05) is 12.1 Å². The molecular formula is C20H26N6O3. The highest BCUT2D eigenvalue weighted by atomic mass is 16.5. The van der Waals surface area contributed by atoms with Crippen LogP contribution in [0.1, 0.15) is 12.5 Å². The molecule has 0 saturated carbocycles. The fraction of sp³-hybridized carbons (Fsp3) is 0.450. The molecule has 154 valence electrons. The second kappa shape index (κ2) is 7.75. The fourth-order valence-electron chi connectivity index (χ4n) is 3.70. The molecule has 0 aliphatic carbocycles. The van der Waals surface area contributed by atoms with Gasteiger partial charge < -0.3 is 14.6 Å². The van der Waals surface area contributed by atoms with E-state index < -0.39 is 0 Å². The first-order valence-corrected chi connectivity index (χ1v) is 9.82. The fourth-order valence-corrected chi connectivity index (χ4v) is 3.70. The monoisotopic (exact) mass is 398 g/mol. The standard InChI is InChI=1S/C20H26N6O3/c1-4-29-15-7-5-14(6-8-15)13-25-9-11-26(12-10-25)19-21-16-17(22-19)23(2)20(28)24(3)18(16)27/h5-8H,4,9-13H2,1-3H3,(H,21,22). The van der Waals surface area contributed by atoms with E-state index in [1.165, 1.54) is 17.2 Å². The van der Waals surface area contributed by atoms with Crippen molar-refractivity contribution in [3.63, 3.8) is 0 Å². The predicted molar refractivity (Wildman–Crippen MR) is 112 cm³/mol. The Morgan fingerprint density at radius 2 is 1.72 bits per heavy atom. The maximum Gasteiger partial charge on any atom is 0.332 e. The average molecular weight is 398 g/mol. The number of aryl methyl sites for hydroxylation is 1. The van der Waals surface area contributed by atoms with Gasteiger partial charge >= 0.3 is 5.69 Å². The highest BCUT2D eigenvalue weighted by Crippen LogP contribution is 2.18. The van der Waals surface area contributed by atoms with Gasteiger partial charge in [0.15, 0.2) is 11.2 Å². The molecule has 4 rings (SSSR count). The number of nitrogens with one attached hydrogen (secondary N) is 1. The van der Waals surface area contributed by atoms with Gasteiger partial charge in [-0.05, 0) is 24.6 Å². The van der Waals surface area contributed by atoms with Crippen LogP contribution in [0, 0.1) is 0 Å². The van der Waals surface area contributed by atoms with Crippen LogP contribution in [0.4, 0.5) is 5.95 Å². The third-order valence-electron chi connectivity index (χ3n) is 5.39. The van der Waals surface area contributed by atoms with Crippen molar-refractivity contribution in [1.29, 1.82) is 0 Å². The van der Waals surface area contributed by atoms with Crippen LogP contribution in [0.5, 0.6) is 5.75 Å². The highest BCUT2D eigenvalue weighted by Gasteiger charge is 2.21. The van der Waals surface area contributed by atoms with E-state index in [0.717, 1.165) is 43.0 Å².